The summed E-state index contributed by atoms with van der Waals surface area (Å²) in [4.78, 5) is 0. The van der Waals surface area contributed by atoms with E-state index in [1.807, 2.05) is 6.26 Å². The normalized spacial score (nSPS) is 21.0. The summed E-state index contributed by atoms with van der Waals surface area (Å²) in [5.41, 5.74) is 2.78. The van der Waals surface area contributed by atoms with Crippen LogP contribution >= 0.6 is 0 Å². The molecule has 1 saturated carbocycles. The first-order chi connectivity index (χ1) is 5.25. The van der Waals surface area contributed by atoms with Crippen molar-refractivity contribution in [1.29, 1.82) is 0 Å². The average Bonchev–Trinajstić information content (AvgIpc) is 2.36. The van der Waals surface area contributed by atoms with Crippen LogP contribution in [0.4, 0.5) is 0 Å². The Morgan fingerprint density at radius 1 is 1.36 bits per heavy atom. The second-order valence-corrected chi connectivity index (χ2v) is 3.07. The van der Waals surface area contributed by atoms with Crippen molar-refractivity contribution in [2.75, 3.05) is 21.2 Å². The molecule has 0 spiro atoms. The standard InChI is InChI=1S/C9H16NO/c1-10(2)9-6-4-5-8(9)7-11-3/h7H,4-6H2,1-3H3/q+1/b8-7-. The molecule has 0 aliphatic heterocycles. The van der Waals surface area contributed by atoms with Crippen molar-refractivity contribution in [3.05, 3.63) is 11.8 Å². The lowest BCUT2D eigenvalue weighted by atomic mass is 10.2. The lowest BCUT2D eigenvalue weighted by Crippen LogP contribution is -2.10. The van der Waals surface area contributed by atoms with Crippen LogP contribution in [0.15, 0.2) is 11.8 Å². The van der Waals surface area contributed by atoms with Crippen molar-refractivity contribution >= 4 is 5.71 Å². The molecule has 0 N–H and O–H groups in total. The van der Waals surface area contributed by atoms with Gasteiger partial charge in [0.1, 0.15) is 14.1 Å². The molecule has 2 nitrogen and oxygen atoms in total. The monoisotopic (exact) mass is 154 g/mol. The maximum absolute atomic E-state index is 5.00. The van der Waals surface area contributed by atoms with E-state index in [0.29, 0.717) is 0 Å². The second kappa shape index (κ2) is 3.56. The molecule has 1 aliphatic rings. The van der Waals surface area contributed by atoms with Crippen LogP contribution in [-0.4, -0.2) is 31.5 Å². The van der Waals surface area contributed by atoms with E-state index in [9.17, 15) is 0 Å². The zero-order valence-corrected chi connectivity index (χ0v) is 7.55. The summed E-state index contributed by atoms with van der Waals surface area (Å²) in [6.45, 7) is 0. The molecular formula is C9H16NO+. The van der Waals surface area contributed by atoms with E-state index in [1.54, 1.807) is 7.11 Å². The molecule has 0 aromatic heterocycles. The van der Waals surface area contributed by atoms with E-state index in [-0.39, 0.29) is 0 Å². The Morgan fingerprint density at radius 3 is 2.64 bits per heavy atom. The summed E-state index contributed by atoms with van der Waals surface area (Å²) in [7, 11) is 5.88. The van der Waals surface area contributed by atoms with Gasteiger partial charge in [0.05, 0.1) is 18.9 Å². The molecule has 2 heteroatoms. The molecule has 0 amide bonds. The zero-order chi connectivity index (χ0) is 8.27. The van der Waals surface area contributed by atoms with Gasteiger partial charge in [0.15, 0.2) is 5.71 Å². The summed E-state index contributed by atoms with van der Waals surface area (Å²) in [6.07, 6.45) is 5.49. The van der Waals surface area contributed by atoms with Crippen molar-refractivity contribution in [2.24, 2.45) is 0 Å². The largest absolute Gasteiger partial charge is 0.504 e. The number of methoxy groups -OCH3 is 1. The molecule has 1 fully saturated rings. The Morgan fingerprint density at radius 2 is 2.09 bits per heavy atom. The smallest absolute Gasteiger partial charge is 0.181 e. The van der Waals surface area contributed by atoms with Crippen LogP contribution in [0.5, 0.6) is 0 Å². The summed E-state index contributed by atoms with van der Waals surface area (Å²) < 4.78 is 7.18. The van der Waals surface area contributed by atoms with Crippen molar-refractivity contribution in [3.63, 3.8) is 0 Å². The SMILES string of the molecule is CO/C=C1/CCCC1=[N+](C)C. The van der Waals surface area contributed by atoms with E-state index < -0.39 is 0 Å². The first kappa shape index (κ1) is 8.31. The molecule has 0 radical (unpaired) electrons. The highest BCUT2D eigenvalue weighted by Gasteiger charge is 2.21. The van der Waals surface area contributed by atoms with Crippen LogP contribution in [0.1, 0.15) is 19.3 Å². The summed E-state index contributed by atoms with van der Waals surface area (Å²) in [5, 5.41) is 0. The average molecular weight is 154 g/mol. The first-order valence-corrected chi connectivity index (χ1v) is 4.01. The third-order valence-corrected chi connectivity index (χ3v) is 2.03. The Bertz CT molecular complexity index is 200. The molecule has 0 unspecified atom stereocenters. The number of nitrogens with zero attached hydrogens (tertiary/aromatic N) is 1. The minimum absolute atomic E-state index is 1.17. The van der Waals surface area contributed by atoms with Gasteiger partial charge in [-0.3, -0.25) is 0 Å². The van der Waals surface area contributed by atoms with E-state index in [0.717, 1.165) is 0 Å². The number of hydrogen-bond acceptors (Lipinski definition) is 1. The minimum atomic E-state index is 1.17. The second-order valence-electron chi connectivity index (χ2n) is 3.07. The third kappa shape index (κ3) is 1.82. The van der Waals surface area contributed by atoms with Crippen molar-refractivity contribution in [2.45, 2.75) is 19.3 Å². The summed E-state index contributed by atoms with van der Waals surface area (Å²) >= 11 is 0. The fourth-order valence-corrected chi connectivity index (χ4v) is 1.53. The van der Waals surface area contributed by atoms with Crippen LogP contribution in [0, 0.1) is 0 Å². The van der Waals surface area contributed by atoms with Crippen LogP contribution < -0.4 is 0 Å². The Labute approximate surface area is 68.2 Å². The van der Waals surface area contributed by atoms with E-state index in [1.165, 1.54) is 30.5 Å². The number of hydrogen-bond donors (Lipinski definition) is 0. The first-order valence-electron chi connectivity index (χ1n) is 4.01. The Balaban J connectivity index is 2.82. The van der Waals surface area contributed by atoms with E-state index in [2.05, 4.69) is 18.7 Å². The van der Waals surface area contributed by atoms with Gasteiger partial charge in [-0.25, -0.2) is 4.58 Å². The Kier molecular flexibility index (Phi) is 2.69. The van der Waals surface area contributed by atoms with Crippen molar-refractivity contribution in [1.82, 2.24) is 0 Å². The van der Waals surface area contributed by atoms with Crippen LogP contribution in [0.25, 0.3) is 0 Å². The van der Waals surface area contributed by atoms with Crippen LogP contribution in [-0.2, 0) is 4.74 Å². The summed E-state index contributed by atoms with van der Waals surface area (Å²) in [5.74, 6) is 0. The van der Waals surface area contributed by atoms with Crippen molar-refractivity contribution in [3.8, 4) is 0 Å². The molecule has 0 bridgehead atoms. The zero-order valence-electron chi connectivity index (χ0n) is 7.55. The fourth-order valence-electron chi connectivity index (χ4n) is 1.53. The van der Waals surface area contributed by atoms with Crippen LogP contribution in [0.2, 0.25) is 0 Å². The predicted molar refractivity (Wildman–Crippen MR) is 46.1 cm³/mol. The predicted octanol–water partition coefficient (Wildman–Crippen LogP) is 1.41. The molecule has 1 rings (SSSR count). The minimum Gasteiger partial charge on any atom is -0.504 e. The maximum atomic E-state index is 5.00. The molecular weight excluding hydrogens is 138 g/mol. The Hall–Kier alpha value is -0.790. The molecule has 0 saturated heterocycles. The van der Waals surface area contributed by atoms with Gasteiger partial charge in [-0.05, 0) is 12.8 Å². The third-order valence-electron chi connectivity index (χ3n) is 2.03. The highest BCUT2D eigenvalue weighted by molar-refractivity contribution is 5.98. The lowest BCUT2D eigenvalue weighted by Gasteiger charge is -1.96. The van der Waals surface area contributed by atoms with Gasteiger partial charge >= 0.3 is 0 Å². The maximum Gasteiger partial charge on any atom is 0.181 e. The van der Waals surface area contributed by atoms with E-state index in [4.69, 9.17) is 4.74 Å². The van der Waals surface area contributed by atoms with Gasteiger partial charge < -0.3 is 4.74 Å². The molecule has 0 heterocycles. The molecule has 0 aromatic carbocycles. The fraction of sp³-hybridized carbons (Fsp3) is 0.667. The van der Waals surface area contributed by atoms with Gasteiger partial charge in [0.25, 0.3) is 0 Å². The van der Waals surface area contributed by atoms with Gasteiger partial charge in [-0.15, -0.1) is 0 Å². The van der Waals surface area contributed by atoms with Gasteiger partial charge in [-0.2, -0.15) is 0 Å². The highest BCUT2D eigenvalue weighted by atomic mass is 16.5. The summed E-state index contributed by atoms with van der Waals surface area (Å²) in [6, 6.07) is 0. The van der Waals surface area contributed by atoms with Crippen molar-refractivity contribution < 1.29 is 9.31 Å². The molecule has 1 aliphatic carbocycles. The number of ether oxygens (including phenoxy) is 1. The van der Waals surface area contributed by atoms with Gasteiger partial charge in [0.2, 0.25) is 0 Å². The molecule has 62 valence electrons. The molecule has 0 atom stereocenters. The molecule has 11 heavy (non-hydrogen) atoms. The quantitative estimate of drug-likeness (QED) is 0.411. The van der Waals surface area contributed by atoms with Gasteiger partial charge in [0, 0.05) is 6.42 Å². The number of rotatable bonds is 1. The van der Waals surface area contributed by atoms with E-state index >= 15 is 0 Å². The van der Waals surface area contributed by atoms with Crippen LogP contribution in [0.3, 0.4) is 0 Å². The molecule has 0 aromatic rings. The number of allylic oxidation sites excluding steroid dienone is 1. The highest BCUT2D eigenvalue weighted by Crippen LogP contribution is 2.20. The van der Waals surface area contributed by atoms with Gasteiger partial charge in [-0.1, -0.05) is 0 Å². The topological polar surface area (TPSA) is 12.2 Å². The lowest BCUT2D eigenvalue weighted by molar-refractivity contribution is -0.464.